The van der Waals surface area contributed by atoms with E-state index in [-0.39, 0.29) is 28.7 Å². The second-order valence-electron chi connectivity index (χ2n) is 15.5. The number of halogens is 2. The number of hydrogen-bond donors (Lipinski definition) is 7. The fraction of sp³-hybridized carbons (Fsp3) is 0.244. The van der Waals surface area contributed by atoms with Gasteiger partial charge in [-0.25, -0.2) is 9.97 Å². The van der Waals surface area contributed by atoms with E-state index >= 15 is 0 Å². The zero-order valence-corrected chi connectivity index (χ0v) is 38.3. The van der Waals surface area contributed by atoms with E-state index in [2.05, 4.69) is 58.7 Å². The van der Waals surface area contributed by atoms with E-state index in [1.54, 1.807) is 86.9 Å². The Labute approximate surface area is 395 Å². The molecule has 2 saturated heterocycles. The molecular formula is C45H48Cl2N16O4. The van der Waals surface area contributed by atoms with Crippen LogP contribution in [0.2, 0.25) is 10.0 Å². The minimum atomic E-state index is -0.465. The fourth-order valence-corrected chi connectivity index (χ4v) is 7.20. The third-order valence-electron chi connectivity index (χ3n) is 10.9. The lowest BCUT2D eigenvalue weighted by Crippen LogP contribution is -2.47. The van der Waals surface area contributed by atoms with Crippen molar-refractivity contribution in [3.05, 3.63) is 141 Å². The maximum atomic E-state index is 12.9. The molecule has 6 heterocycles. The number of carbonyl (C=O) groups excluding carboxylic acids is 4. The summed E-state index contributed by atoms with van der Waals surface area (Å²) in [5.41, 5.74) is 2.68. The largest absolute Gasteiger partial charge is 0.354 e. The first kappa shape index (κ1) is 47.4. The number of rotatable bonds is 10. The van der Waals surface area contributed by atoms with Gasteiger partial charge >= 0.3 is 0 Å². The highest BCUT2D eigenvalue weighted by Crippen LogP contribution is 2.21. The monoisotopic (exact) mass is 946 g/mol. The number of pyridine rings is 2. The van der Waals surface area contributed by atoms with E-state index < -0.39 is 17.7 Å². The van der Waals surface area contributed by atoms with Gasteiger partial charge < -0.3 is 41.3 Å². The van der Waals surface area contributed by atoms with Crippen molar-refractivity contribution < 1.29 is 19.2 Å². The van der Waals surface area contributed by atoms with Gasteiger partial charge in [0, 0.05) is 101 Å². The minimum Gasteiger partial charge on any atom is -0.354 e. The van der Waals surface area contributed by atoms with Gasteiger partial charge in [0.25, 0.3) is 23.6 Å². The van der Waals surface area contributed by atoms with Gasteiger partial charge in [-0.2, -0.15) is 10.2 Å². The van der Waals surface area contributed by atoms with Gasteiger partial charge in [0.1, 0.15) is 46.1 Å². The van der Waals surface area contributed by atoms with Gasteiger partial charge in [-0.15, -0.1) is 0 Å². The molecule has 20 nitrogen and oxygen atoms in total. The van der Waals surface area contributed by atoms with E-state index in [9.17, 15) is 19.2 Å². The van der Waals surface area contributed by atoms with Crippen molar-refractivity contribution in [3.63, 3.8) is 0 Å². The number of nitrogens with zero attached hydrogens (tertiary/aromatic N) is 9. The summed E-state index contributed by atoms with van der Waals surface area (Å²) in [7, 11) is 5.33. The number of anilines is 4. The van der Waals surface area contributed by atoms with Crippen molar-refractivity contribution >= 4 is 81.8 Å². The lowest BCUT2D eigenvalue weighted by molar-refractivity contribution is 0.101. The van der Waals surface area contributed by atoms with Crippen LogP contribution in [0.1, 0.15) is 52.6 Å². The lowest BCUT2D eigenvalue weighted by atomic mass is 10.1. The van der Waals surface area contributed by atoms with Crippen LogP contribution < -0.4 is 26.6 Å². The van der Waals surface area contributed by atoms with Crippen LogP contribution in [0.25, 0.3) is 0 Å². The summed E-state index contributed by atoms with van der Waals surface area (Å²) < 4.78 is 2.83. The summed E-state index contributed by atoms with van der Waals surface area (Å²) >= 11 is 11.7. The van der Waals surface area contributed by atoms with Crippen LogP contribution >= 0.6 is 23.2 Å². The highest BCUT2D eigenvalue weighted by atomic mass is 35.5. The Morgan fingerprint density at radius 3 is 1.28 bits per heavy atom. The zero-order valence-electron chi connectivity index (χ0n) is 36.8. The predicted molar refractivity (Wildman–Crippen MR) is 257 cm³/mol. The molecular weight excluding hydrogens is 900 g/mol. The number of hydrogen-bond acceptors (Lipinski definition) is 12. The Bertz CT molecular complexity index is 2750. The number of amidine groups is 2. The molecule has 4 amide bonds. The van der Waals surface area contributed by atoms with Gasteiger partial charge in [-0.3, -0.25) is 39.4 Å². The zero-order chi connectivity index (χ0) is 47.6. The molecule has 0 radical (unpaired) electrons. The van der Waals surface area contributed by atoms with Crippen molar-refractivity contribution in [3.8, 4) is 0 Å². The van der Waals surface area contributed by atoms with Crippen LogP contribution in [0.3, 0.4) is 0 Å². The summed E-state index contributed by atoms with van der Waals surface area (Å²) in [6, 6.07) is 20.1. The van der Waals surface area contributed by atoms with E-state index in [4.69, 9.17) is 34.0 Å². The molecule has 0 spiro atoms. The molecule has 8 rings (SSSR count). The normalized spacial score (nSPS) is 13.7. The molecule has 346 valence electrons. The molecule has 2 aliphatic heterocycles. The topological polar surface area (TPSA) is 247 Å². The number of piperazine rings is 2. The number of aryl methyl sites for hydroxylation is 2. The number of carbonyl (C=O) groups is 4. The van der Waals surface area contributed by atoms with Crippen molar-refractivity contribution in [2.45, 2.75) is 0 Å². The third kappa shape index (κ3) is 12.0. The fourth-order valence-electron chi connectivity index (χ4n) is 6.97. The van der Waals surface area contributed by atoms with E-state index in [0.29, 0.717) is 44.5 Å². The standard InChI is InChI=1S/C23H25ClN8O2.C22H23ClN8O2/c1-30-9-11-32(12-10-30)20(25)15-3-5-16(6-4-15)22(33)29-21-18(14-27-31(21)2)23(34)28-19-8-7-17(24)13-26-19;1-30-20(17(13-27-30)22(33)28-18-7-6-16(23)12-26-18)29-21(32)15-4-2-14(3-5-15)19(24)31-10-8-25-9-11-31/h3-8,13-14,25H,9-12H2,1-2H3,(H,29,33)(H,26,28,34);2-7,12-13,24-25H,8-11H2,1H3,(H,29,32)(H,26,28,33). The molecule has 0 bridgehead atoms. The summed E-state index contributed by atoms with van der Waals surface area (Å²) in [5, 5.41) is 40.1. The van der Waals surface area contributed by atoms with Crippen LogP contribution in [0.4, 0.5) is 23.3 Å². The third-order valence-corrected chi connectivity index (χ3v) is 11.3. The quantitative estimate of drug-likeness (QED) is 0.0727. The van der Waals surface area contributed by atoms with Crippen molar-refractivity contribution in [1.29, 1.82) is 10.8 Å². The maximum Gasteiger partial charge on any atom is 0.262 e. The summed E-state index contributed by atoms with van der Waals surface area (Å²) in [6.45, 7) is 6.67. The predicted octanol–water partition coefficient (Wildman–Crippen LogP) is 4.75. The van der Waals surface area contributed by atoms with Gasteiger partial charge in [0.15, 0.2) is 0 Å². The molecule has 22 heteroatoms. The van der Waals surface area contributed by atoms with Crippen molar-refractivity contribution in [1.82, 2.24) is 49.5 Å². The van der Waals surface area contributed by atoms with Gasteiger partial charge in [0.2, 0.25) is 0 Å². The molecule has 0 atom stereocenters. The van der Waals surface area contributed by atoms with Crippen molar-refractivity contribution in [2.75, 3.05) is 80.7 Å². The highest BCUT2D eigenvalue weighted by Gasteiger charge is 2.23. The Morgan fingerprint density at radius 1 is 0.507 bits per heavy atom. The summed E-state index contributed by atoms with van der Waals surface area (Å²) in [6.07, 6.45) is 5.60. The molecule has 2 aromatic carbocycles. The Morgan fingerprint density at radius 2 is 0.896 bits per heavy atom. The SMILES string of the molecule is CN1CCN(C(=N)c2ccc(C(=O)Nc3c(C(=O)Nc4ccc(Cl)cn4)cnn3C)cc2)CC1.Cn1ncc(C(=O)Nc2ccc(Cl)cn2)c1NC(=O)c1ccc(C(=N)N2CCNCC2)cc1. The number of amides is 4. The van der Waals surface area contributed by atoms with E-state index in [1.165, 1.54) is 34.2 Å². The molecule has 67 heavy (non-hydrogen) atoms. The van der Waals surface area contributed by atoms with Gasteiger partial charge in [-0.05, 0) is 55.6 Å². The minimum absolute atomic E-state index is 0.194. The number of aromatic nitrogens is 6. The number of likely N-dealkylation sites (N-methyl/N-ethyl adjacent to an activating group) is 1. The summed E-state index contributed by atoms with van der Waals surface area (Å²) in [4.78, 5) is 65.5. The molecule has 2 aliphatic rings. The first-order valence-electron chi connectivity index (χ1n) is 21.0. The van der Waals surface area contributed by atoms with Crippen LogP contribution in [-0.4, -0.2) is 139 Å². The summed E-state index contributed by atoms with van der Waals surface area (Å²) in [5.74, 6) is 0.336. The maximum absolute atomic E-state index is 12.9. The van der Waals surface area contributed by atoms with Crippen LogP contribution in [-0.2, 0) is 14.1 Å². The first-order valence-corrected chi connectivity index (χ1v) is 21.8. The van der Waals surface area contributed by atoms with E-state index in [0.717, 1.165) is 63.5 Å². The van der Waals surface area contributed by atoms with Gasteiger partial charge in [-0.1, -0.05) is 47.5 Å². The first-order chi connectivity index (χ1) is 32.2. The Hall–Kier alpha value is -7.52. The Kier molecular flexibility index (Phi) is 15.3. The average Bonchev–Trinajstić information content (AvgIpc) is 3.90. The number of benzene rings is 2. The van der Waals surface area contributed by atoms with Crippen molar-refractivity contribution in [2.24, 2.45) is 14.1 Å². The second-order valence-corrected chi connectivity index (χ2v) is 16.4. The van der Waals surface area contributed by atoms with Crippen LogP contribution in [0.15, 0.2) is 97.6 Å². The Balaban J connectivity index is 0.000000199. The molecule has 7 N–H and O–H groups in total. The molecule has 4 aromatic heterocycles. The second kappa shape index (κ2) is 21.6. The van der Waals surface area contributed by atoms with Crippen LogP contribution in [0, 0.1) is 10.8 Å². The number of nitrogens with one attached hydrogen (secondary N) is 7. The molecule has 6 aromatic rings. The van der Waals surface area contributed by atoms with Gasteiger partial charge in [0.05, 0.1) is 22.4 Å². The average molecular weight is 948 g/mol. The molecule has 2 fully saturated rings. The lowest BCUT2D eigenvalue weighted by Gasteiger charge is -2.34. The molecule has 0 saturated carbocycles. The molecule has 0 unspecified atom stereocenters. The highest BCUT2D eigenvalue weighted by molar-refractivity contribution is 6.30. The smallest absolute Gasteiger partial charge is 0.262 e. The van der Waals surface area contributed by atoms with Crippen LogP contribution in [0.5, 0.6) is 0 Å². The van der Waals surface area contributed by atoms with E-state index in [1.807, 2.05) is 9.80 Å². The molecule has 0 aliphatic carbocycles.